The monoisotopic (exact) mass is 401 g/mol. The quantitative estimate of drug-likeness (QED) is 0.588. The van der Waals surface area contributed by atoms with Gasteiger partial charge in [-0.25, -0.2) is 0 Å². The van der Waals surface area contributed by atoms with Crippen LogP contribution >= 0.6 is 24.0 Å². The van der Waals surface area contributed by atoms with Crippen LogP contribution < -0.4 is 10.2 Å². The highest BCUT2D eigenvalue weighted by Crippen LogP contribution is 2.33. The Balaban J connectivity index is 1.78. The third-order valence-electron chi connectivity index (χ3n) is 3.51. The van der Waals surface area contributed by atoms with Crippen LogP contribution in [0.5, 0.6) is 11.5 Å². The van der Waals surface area contributed by atoms with E-state index in [4.69, 9.17) is 17.0 Å². The summed E-state index contributed by atoms with van der Waals surface area (Å²) in [5.74, 6) is -0.575. The molecule has 0 radical (unpaired) electrons. The molecule has 0 bridgehead atoms. The fourth-order valence-electron chi connectivity index (χ4n) is 2.27. The Kier molecular flexibility index (Phi) is 5.72. The number of hydrazine groups is 1. The van der Waals surface area contributed by atoms with Crippen molar-refractivity contribution in [2.75, 3.05) is 6.61 Å². The number of rotatable bonds is 5. The number of nitrogens with zero attached hydrogens (tertiary/aromatic N) is 2. The molecule has 1 saturated heterocycles. The normalized spacial score (nSPS) is 15.3. The van der Waals surface area contributed by atoms with E-state index in [0.717, 1.165) is 16.8 Å². The molecule has 1 aromatic carbocycles. The number of pyridine rings is 1. The summed E-state index contributed by atoms with van der Waals surface area (Å²) in [6.07, 6.45) is 4.57. The van der Waals surface area contributed by atoms with Crippen molar-refractivity contribution in [1.29, 1.82) is 0 Å². The molecule has 1 aliphatic rings. The van der Waals surface area contributed by atoms with Gasteiger partial charge >= 0.3 is 0 Å². The summed E-state index contributed by atoms with van der Waals surface area (Å²) < 4.78 is 5.56. The number of carbonyl (C=O) groups excluding carboxylic acids is 2. The molecule has 3 rings (SSSR count). The first kappa shape index (κ1) is 18.9. The van der Waals surface area contributed by atoms with Crippen LogP contribution in [0.1, 0.15) is 22.8 Å². The summed E-state index contributed by atoms with van der Waals surface area (Å²) >= 11 is 6.27. The number of carbonyl (C=O) groups is 2. The van der Waals surface area contributed by atoms with Gasteiger partial charge in [-0.3, -0.25) is 20.0 Å². The van der Waals surface area contributed by atoms with Gasteiger partial charge in [-0.1, -0.05) is 17.8 Å². The lowest BCUT2D eigenvalue weighted by Crippen LogP contribution is -2.44. The standard InChI is InChI=1S/C18H15N3O4S2/c1-2-25-14-8-11(5-6-13(14)22)9-15-17(24)21(18(26)27-15)20-16(23)12-4-3-7-19-10-12/h3-10,22H,2H2,1H3,(H,20,23)/b15-9+. The lowest BCUT2D eigenvalue weighted by Gasteiger charge is -2.15. The molecule has 0 aliphatic carbocycles. The highest BCUT2D eigenvalue weighted by molar-refractivity contribution is 8.26. The maximum absolute atomic E-state index is 12.6. The fraction of sp³-hybridized carbons (Fsp3) is 0.111. The molecule has 1 fully saturated rings. The van der Waals surface area contributed by atoms with Gasteiger partial charge in [0.25, 0.3) is 11.8 Å². The smallest absolute Gasteiger partial charge is 0.285 e. The second-order valence-corrected chi connectivity index (χ2v) is 7.04. The van der Waals surface area contributed by atoms with Crippen LogP contribution in [0.2, 0.25) is 0 Å². The summed E-state index contributed by atoms with van der Waals surface area (Å²) in [5, 5.41) is 10.8. The molecule has 0 spiro atoms. The first-order valence-corrected chi connectivity index (χ1v) is 9.17. The number of nitrogens with one attached hydrogen (secondary N) is 1. The number of aromatic hydroxyl groups is 1. The summed E-state index contributed by atoms with van der Waals surface area (Å²) in [4.78, 5) is 29.1. The molecule has 1 aliphatic heterocycles. The van der Waals surface area contributed by atoms with Crippen molar-refractivity contribution in [1.82, 2.24) is 15.4 Å². The zero-order chi connectivity index (χ0) is 19.4. The van der Waals surface area contributed by atoms with Crippen molar-refractivity contribution in [2.24, 2.45) is 0 Å². The molecule has 1 aromatic heterocycles. The Morgan fingerprint density at radius 1 is 1.44 bits per heavy atom. The highest BCUT2D eigenvalue weighted by Gasteiger charge is 2.33. The molecular formula is C18H15N3O4S2. The van der Waals surface area contributed by atoms with Crippen LogP contribution in [0.25, 0.3) is 6.08 Å². The molecule has 0 unspecified atom stereocenters. The van der Waals surface area contributed by atoms with Crippen molar-refractivity contribution >= 4 is 46.2 Å². The van der Waals surface area contributed by atoms with Gasteiger partial charge in [-0.2, -0.15) is 5.01 Å². The summed E-state index contributed by atoms with van der Waals surface area (Å²) in [7, 11) is 0. The van der Waals surface area contributed by atoms with Crippen molar-refractivity contribution in [3.63, 3.8) is 0 Å². The maximum atomic E-state index is 12.6. The van der Waals surface area contributed by atoms with E-state index in [2.05, 4.69) is 10.4 Å². The van der Waals surface area contributed by atoms with Gasteiger partial charge in [0.1, 0.15) is 0 Å². The maximum Gasteiger partial charge on any atom is 0.285 e. The third kappa shape index (κ3) is 4.26. The van der Waals surface area contributed by atoms with Crippen LogP contribution in [0.4, 0.5) is 0 Å². The largest absolute Gasteiger partial charge is 0.504 e. The van der Waals surface area contributed by atoms with E-state index >= 15 is 0 Å². The molecule has 2 heterocycles. The van der Waals surface area contributed by atoms with E-state index in [1.54, 1.807) is 36.5 Å². The van der Waals surface area contributed by atoms with Crippen molar-refractivity contribution in [3.05, 3.63) is 58.8 Å². The number of thiocarbonyl (C=S) groups is 1. The highest BCUT2D eigenvalue weighted by atomic mass is 32.2. The average Bonchev–Trinajstić information content (AvgIpc) is 2.92. The Hall–Kier alpha value is -2.91. The minimum absolute atomic E-state index is 0.0188. The van der Waals surface area contributed by atoms with Crippen molar-refractivity contribution < 1.29 is 19.4 Å². The number of hydrogen-bond acceptors (Lipinski definition) is 7. The predicted molar refractivity (Wildman–Crippen MR) is 106 cm³/mol. The Labute approximate surface area is 165 Å². The van der Waals surface area contributed by atoms with Gasteiger partial charge in [-0.15, -0.1) is 0 Å². The van der Waals surface area contributed by atoms with Gasteiger partial charge in [-0.05, 0) is 55.0 Å². The lowest BCUT2D eigenvalue weighted by atomic mass is 10.2. The molecule has 7 nitrogen and oxygen atoms in total. The van der Waals surface area contributed by atoms with Gasteiger partial charge in [0.05, 0.1) is 17.1 Å². The number of thioether (sulfide) groups is 1. The summed E-state index contributed by atoms with van der Waals surface area (Å²) in [6, 6.07) is 7.97. The van der Waals surface area contributed by atoms with E-state index in [1.807, 2.05) is 6.92 Å². The Morgan fingerprint density at radius 2 is 2.26 bits per heavy atom. The van der Waals surface area contributed by atoms with Crippen LogP contribution in [0.15, 0.2) is 47.6 Å². The first-order valence-electron chi connectivity index (χ1n) is 7.94. The van der Waals surface area contributed by atoms with Crippen LogP contribution in [-0.2, 0) is 4.79 Å². The van der Waals surface area contributed by atoms with Crippen LogP contribution in [-0.4, -0.2) is 37.8 Å². The molecule has 0 atom stereocenters. The predicted octanol–water partition coefficient (Wildman–Crippen LogP) is 2.73. The number of phenols is 1. The number of phenolic OH excluding ortho intramolecular Hbond substituents is 1. The van der Waals surface area contributed by atoms with E-state index in [0.29, 0.717) is 28.4 Å². The van der Waals surface area contributed by atoms with E-state index < -0.39 is 11.8 Å². The minimum Gasteiger partial charge on any atom is -0.504 e. The van der Waals surface area contributed by atoms with Crippen molar-refractivity contribution in [2.45, 2.75) is 6.92 Å². The molecule has 138 valence electrons. The summed E-state index contributed by atoms with van der Waals surface area (Å²) in [5.41, 5.74) is 3.47. The van der Waals surface area contributed by atoms with Gasteiger partial charge in [0.2, 0.25) is 0 Å². The third-order valence-corrected chi connectivity index (χ3v) is 4.81. The molecule has 9 heteroatoms. The fourth-order valence-corrected chi connectivity index (χ4v) is 3.45. The lowest BCUT2D eigenvalue weighted by molar-refractivity contribution is -0.123. The second-order valence-electron chi connectivity index (χ2n) is 5.36. The number of benzene rings is 1. The zero-order valence-electron chi connectivity index (χ0n) is 14.2. The van der Waals surface area contributed by atoms with Gasteiger partial charge in [0, 0.05) is 12.4 Å². The van der Waals surface area contributed by atoms with Gasteiger partial charge < -0.3 is 9.84 Å². The summed E-state index contributed by atoms with van der Waals surface area (Å²) in [6.45, 7) is 2.21. The second kappa shape index (κ2) is 8.19. The first-order chi connectivity index (χ1) is 13.0. The van der Waals surface area contributed by atoms with E-state index in [-0.39, 0.29) is 10.1 Å². The number of hydrogen-bond donors (Lipinski definition) is 2. The Morgan fingerprint density at radius 3 is 2.96 bits per heavy atom. The number of ether oxygens (including phenoxy) is 1. The van der Waals surface area contributed by atoms with Crippen LogP contribution in [0.3, 0.4) is 0 Å². The molecule has 0 saturated carbocycles. The number of aromatic nitrogens is 1. The number of amides is 2. The van der Waals surface area contributed by atoms with Crippen molar-refractivity contribution in [3.8, 4) is 11.5 Å². The molecular weight excluding hydrogens is 386 g/mol. The zero-order valence-corrected chi connectivity index (χ0v) is 15.8. The average molecular weight is 401 g/mol. The minimum atomic E-state index is -0.482. The Bertz CT molecular complexity index is 931. The molecule has 27 heavy (non-hydrogen) atoms. The molecule has 2 N–H and O–H groups in total. The topological polar surface area (TPSA) is 91.8 Å². The molecule has 2 aromatic rings. The SMILES string of the molecule is CCOc1cc(/C=C2/SC(=S)N(NC(=O)c3cccnc3)C2=O)ccc1O. The van der Waals surface area contributed by atoms with E-state index in [9.17, 15) is 14.7 Å². The van der Waals surface area contributed by atoms with Crippen LogP contribution in [0, 0.1) is 0 Å². The molecule has 2 amide bonds. The van der Waals surface area contributed by atoms with Gasteiger partial charge in [0.15, 0.2) is 15.8 Å². The van der Waals surface area contributed by atoms with E-state index in [1.165, 1.54) is 12.3 Å².